The van der Waals surface area contributed by atoms with Crippen LogP contribution in [0.2, 0.25) is 0 Å². The van der Waals surface area contributed by atoms with Crippen LogP contribution in [0, 0.1) is 0 Å². The highest BCUT2D eigenvalue weighted by atomic mass is 16.6. The molecule has 2 heteroatoms. The van der Waals surface area contributed by atoms with Crippen molar-refractivity contribution in [3.8, 4) is 5.75 Å². The minimum absolute atomic E-state index is 0.519. The summed E-state index contributed by atoms with van der Waals surface area (Å²) in [7, 11) is 1.70. The molecule has 16 heavy (non-hydrogen) atoms. The molecule has 0 spiro atoms. The molecule has 2 rings (SSSR count). The molecule has 1 heterocycles. The van der Waals surface area contributed by atoms with Crippen LogP contribution in [0.3, 0.4) is 0 Å². The van der Waals surface area contributed by atoms with Gasteiger partial charge in [0, 0.05) is 5.56 Å². The fourth-order valence-corrected chi connectivity index (χ4v) is 1.85. The first-order valence-corrected chi connectivity index (χ1v) is 5.74. The minimum Gasteiger partial charge on any atom is -0.496 e. The minimum atomic E-state index is 0.519. The van der Waals surface area contributed by atoms with E-state index in [0.717, 1.165) is 42.8 Å². The van der Waals surface area contributed by atoms with Gasteiger partial charge in [-0.25, -0.2) is 0 Å². The van der Waals surface area contributed by atoms with Gasteiger partial charge in [0.2, 0.25) is 0 Å². The smallest absolute Gasteiger partial charge is 0.126 e. The lowest BCUT2D eigenvalue weighted by Crippen LogP contribution is -1.92. The van der Waals surface area contributed by atoms with E-state index in [1.807, 2.05) is 18.2 Å². The summed E-state index contributed by atoms with van der Waals surface area (Å²) in [6.45, 7) is 5.08. The number of epoxide rings is 1. The molecular formula is C14H18O2. The maximum Gasteiger partial charge on any atom is 0.126 e. The van der Waals surface area contributed by atoms with E-state index < -0.39 is 0 Å². The first-order valence-electron chi connectivity index (χ1n) is 5.74. The lowest BCUT2D eigenvalue weighted by atomic mass is 10.0. The van der Waals surface area contributed by atoms with Gasteiger partial charge in [-0.3, -0.25) is 0 Å². The van der Waals surface area contributed by atoms with Gasteiger partial charge in [0.05, 0.1) is 19.8 Å². The number of rotatable bonds is 6. The summed E-state index contributed by atoms with van der Waals surface area (Å²) < 4.78 is 10.5. The molecule has 0 N–H and O–H groups in total. The van der Waals surface area contributed by atoms with Crippen molar-refractivity contribution in [2.24, 2.45) is 0 Å². The van der Waals surface area contributed by atoms with Crippen molar-refractivity contribution in [1.82, 2.24) is 0 Å². The number of para-hydroxylation sites is 1. The zero-order chi connectivity index (χ0) is 11.4. The van der Waals surface area contributed by atoms with Crippen molar-refractivity contribution in [1.29, 1.82) is 0 Å². The van der Waals surface area contributed by atoms with E-state index in [-0.39, 0.29) is 0 Å². The molecule has 1 fully saturated rings. The standard InChI is InChI=1S/C14H18O2/c1-11(6-5-7-12-10-16-12)13-8-3-4-9-14(13)15-2/h3-4,8-9,12H,1,5-7,10H2,2H3. The summed E-state index contributed by atoms with van der Waals surface area (Å²) in [5, 5.41) is 0. The molecule has 1 aliphatic heterocycles. The van der Waals surface area contributed by atoms with Crippen LogP contribution in [-0.4, -0.2) is 19.8 Å². The van der Waals surface area contributed by atoms with Gasteiger partial charge >= 0.3 is 0 Å². The Morgan fingerprint density at radius 2 is 2.25 bits per heavy atom. The highest BCUT2D eigenvalue weighted by molar-refractivity contribution is 5.68. The van der Waals surface area contributed by atoms with Crippen LogP contribution in [0.15, 0.2) is 30.8 Å². The normalized spacial score (nSPS) is 18.2. The molecule has 2 nitrogen and oxygen atoms in total. The van der Waals surface area contributed by atoms with Crippen molar-refractivity contribution in [2.45, 2.75) is 25.4 Å². The largest absolute Gasteiger partial charge is 0.496 e. The maximum atomic E-state index is 5.32. The topological polar surface area (TPSA) is 21.8 Å². The molecule has 0 radical (unpaired) electrons. The molecule has 1 aromatic carbocycles. The quantitative estimate of drug-likeness (QED) is 0.683. The van der Waals surface area contributed by atoms with Crippen LogP contribution in [0.1, 0.15) is 24.8 Å². The van der Waals surface area contributed by atoms with Crippen LogP contribution in [0.25, 0.3) is 5.57 Å². The van der Waals surface area contributed by atoms with Crippen molar-refractivity contribution < 1.29 is 9.47 Å². The van der Waals surface area contributed by atoms with Gasteiger partial charge < -0.3 is 9.47 Å². The first-order chi connectivity index (χ1) is 7.81. The van der Waals surface area contributed by atoms with E-state index >= 15 is 0 Å². The number of hydrogen-bond donors (Lipinski definition) is 0. The third kappa shape index (κ3) is 2.86. The second kappa shape index (κ2) is 5.17. The Morgan fingerprint density at radius 3 is 2.94 bits per heavy atom. The van der Waals surface area contributed by atoms with Crippen molar-refractivity contribution in [3.05, 3.63) is 36.4 Å². The summed E-state index contributed by atoms with van der Waals surface area (Å²) in [5.74, 6) is 0.912. The third-order valence-corrected chi connectivity index (χ3v) is 2.89. The summed E-state index contributed by atoms with van der Waals surface area (Å²) in [6, 6.07) is 8.04. The summed E-state index contributed by atoms with van der Waals surface area (Å²) in [5.41, 5.74) is 2.28. The van der Waals surface area contributed by atoms with E-state index in [2.05, 4.69) is 12.6 Å². The molecule has 1 aliphatic rings. The number of hydrogen-bond acceptors (Lipinski definition) is 2. The molecule has 1 unspecified atom stereocenters. The first kappa shape index (κ1) is 11.2. The number of ether oxygens (including phenoxy) is 2. The van der Waals surface area contributed by atoms with Gasteiger partial charge in [-0.2, -0.15) is 0 Å². The molecule has 1 aromatic rings. The van der Waals surface area contributed by atoms with E-state index in [1.165, 1.54) is 0 Å². The van der Waals surface area contributed by atoms with Gasteiger partial charge in [0.1, 0.15) is 5.75 Å². The van der Waals surface area contributed by atoms with E-state index in [9.17, 15) is 0 Å². The van der Waals surface area contributed by atoms with Crippen LogP contribution >= 0.6 is 0 Å². The zero-order valence-electron chi connectivity index (χ0n) is 9.74. The van der Waals surface area contributed by atoms with Crippen molar-refractivity contribution in [3.63, 3.8) is 0 Å². The number of allylic oxidation sites excluding steroid dienone is 1. The molecule has 1 atom stereocenters. The van der Waals surface area contributed by atoms with Gasteiger partial charge in [-0.05, 0) is 30.9 Å². The van der Waals surface area contributed by atoms with Gasteiger partial charge in [-0.1, -0.05) is 24.8 Å². The molecular weight excluding hydrogens is 200 g/mol. The Labute approximate surface area is 96.9 Å². The van der Waals surface area contributed by atoms with Gasteiger partial charge in [-0.15, -0.1) is 0 Å². The highest BCUT2D eigenvalue weighted by Crippen LogP contribution is 2.28. The Hall–Kier alpha value is -1.28. The predicted octanol–water partition coefficient (Wildman–Crippen LogP) is 3.28. The lowest BCUT2D eigenvalue weighted by molar-refractivity contribution is 0.392. The lowest BCUT2D eigenvalue weighted by Gasteiger charge is -2.10. The fraction of sp³-hybridized carbons (Fsp3) is 0.429. The molecule has 1 saturated heterocycles. The molecule has 0 aromatic heterocycles. The Kier molecular flexibility index (Phi) is 3.62. The van der Waals surface area contributed by atoms with Gasteiger partial charge in [0.15, 0.2) is 0 Å². The number of methoxy groups -OCH3 is 1. The van der Waals surface area contributed by atoms with Crippen LogP contribution < -0.4 is 4.74 Å². The van der Waals surface area contributed by atoms with E-state index in [0.29, 0.717) is 6.10 Å². The average molecular weight is 218 g/mol. The second-order valence-corrected chi connectivity index (χ2v) is 4.15. The average Bonchev–Trinajstić information content (AvgIpc) is 3.13. The SMILES string of the molecule is C=C(CCCC1CO1)c1ccccc1OC. The molecule has 0 bridgehead atoms. The van der Waals surface area contributed by atoms with Crippen LogP contribution in [0.5, 0.6) is 5.75 Å². The van der Waals surface area contributed by atoms with E-state index in [1.54, 1.807) is 7.11 Å². The predicted molar refractivity (Wildman–Crippen MR) is 65.6 cm³/mol. The highest BCUT2D eigenvalue weighted by Gasteiger charge is 2.21. The Morgan fingerprint density at radius 1 is 1.50 bits per heavy atom. The third-order valence-electron chi connectivity index (χ3n) is 2.89. The van der Waals surface area contributed by atoms with Crippen molar-refractivity contribution in [2.75, 3.05) is 13.7 Å². The van der Waals surface area contributed by atoms with Crippen LogP contribution in [-0.2, 0) is 4.74 Å². The summed E-state index contributed by atoms with van der Waals surface area (Å²) in [6.07, 6.45) is 3.82. The van der Waals surface area contributed by atoms with Gasteiger partial charge in [0.25, 0.3) is 0 Å². The Bertz CT molecular complexity index is 367. The second-order valence-electron chi connectivity index (χ2n) is 4.15. The molecule has 0 aliphatic carbocycles. The summed E-state index contributed by atoms with van der Waals surface area (Å²) >= 11 is 0. The monoisotopic (exact) mass is 218 g/mol. The number of benzene rings is 1. The van der Waals surface area contributed by atoms with Crippen LogP contribution in [0.4, 0.5) is 0 Å². The molecule has 86 valence electrons. The van der Waals surface area contributed by atoms with E-state index in [4.69, 9.17) is 9.47 Å². The van der Waals surface area contributed by atoms with Crippen molar-refractivity contribution >= 4 is 5.57 Å². The maximum absolute atomic E-state index is 5.32. The fourth-order valence-electron chi connectivity index (χ4n) is 1.85. The summed E-state index contributed by atoms with van der Waals surface area (Å²) in [4.78, 5) is 0. The zero-order valence-corrected chi connectivity index (χ0v) is 9.74. The molecule has 0 amide bonds. The Balaban J connectivity index is 1.90. The molecule has 0 saturated carbocycles.